The lowest BCUT2D eigenvalue weighted by molar-refractivity contribution is 0.0664. The molecule has 0 aliphatic carbocycles. The molecule has 4 heteroatoms. The molecule has 1 aliphatic heterocycles. The standard InChI is InChI=1S/C15H24N2OSi/c1-16-8-10-17(11-9-16)15(18)13-6-5-7-14(12-13)19(2,3)4/h5-7,12H,8-11H2,1-4H3. The van der Waals surface area contributed by atoms with Gasteiger partial charge in [0.1, 0.15) is 0 Å². The maximum absolute atomic E-state index is 12.5. The van der Waals surface area contributed by atoms with Crippen molar-refractivity contribution < 1.29 is 4.79 Å². The summed E-state index contributed by atoms with van der Waals surface area (Å²) < 4.78 is 0. The molecule has 1 amide bonds. The number of nitrogens with zero attached hydrogens (tertiary/aromatic N) is 2. The van der Waals surface area contributed by atoms with Crippen LogP contribution in [0.15, 0.2) is 24.3 Å². The van der Waals surface area contributed by atoms with E-state index in [1.54, 1.807) is 0 Å². The first-order valence-electron chi connectivity index (χ1n) is 6.96. The van der Waals surface area contributed by atoms with Crippen molar-refractivity contribution in [1.82, 2.24) is 9.80 Å². The zero-order valence-electron chi connectivity index (χ0n) is 12.4. The molecule has 1 saturated heterocycles. The van der Waals surface area contributed by atoms with Gasteiger partial charge in [-0.15, -0.1) is 0 Å². The zero-order chi connectivity index (χ0) is 14.0. The van der Waals surface area contributed by atoms with Crippen molar-refractivity contribution in [3.05, 3.63) is 29.8 Å². The number of benzene rings is 1. The highest BCUT2D eigenvalue weighted by atomic mass is 28.3. The normalized spacial score (nSPS) is 17.6. The maximum Gasteiger partial charge on any atom is 0.253 e. The van der Waals surface area contributed by atoms with Crippen LogP contribution in [0.2, 0.25) is 19.6 Å². The van der Waals surface area contributed by atoms with Crippen LogP contribution in [-0.2, 0) is 0 Å². The molecule has 0 atom stereocenters. The molecule has 0 saturated carbocycles. The van der Waals surface area contributed by atoms with Crippen molar-refractivity contribution in [2.24, 2.45) is 0 Å². The monoisotopic (exact) mass is 276 g/mol. The third-order valence-corrected chi connectivity index (χ3v) is 5.81. The van der Waals surface area contributed by atoms with Crippen molar-refractivity contribution in [1.29, 1.82) is 0 Å². The molecule has 3 nitrogen and oxygen atoms in total. The number of hydrogen-bond donors (Lipinski definition) is 0. The smallest absolute Gasteiger partial charge is 0.253 e. The van der Waals surface area contributed by atoms with Gasteiger partial charge in [-0.1, -0.05) is 43.0 Å². The first-order valence-corrected chi connectivity index (χ1v) is 10.5. The SMILES string of the molecule is CN1CCN(C(=O)c2cccc([Si](C)(C)C)c2)CC1. The van der Waals surface area contributed by atoms with Gasteiger partial charge in [0.15, 0.2) is 0 Å². The minimum absolute atomic E-state index is 0.188. The van der Waals surface area contributed by atoms with Crippen molar-refractivity contribution in [2.75, 3.05) is 33.2 Å². The quantitative estimate of drug-likeness (QED) is 0.766. The molecule has 1 aromatic carbocycles. The second kappa shape index (κ2) is 5.47. The number of carbonyl (C=O) groups excluding carboxylic acids is 1. The van der Waals surface area contributed by atoms with Gasteiger partial charge in [-0.3, -0.25) is 4.79 Å². The third-order valence-electron chi connectivity index (χ3n) is 3.77. The summed E-state index contributed by atoms with van der Waals surface area (Å²) in [5.74, 6) is 0.188. The molecular formula is C15H24N2OSi. The third kappa shape index (κ3) is 3.45. The predicted octanol–water partition coefficient (Wildman–Crippen LogP) is 1.62. The van der Waals surface area contributed by atoms with Gasteiger partial charge in [-0.05, 0) is 13.1 Å². The van der Waals surface area contributed by atoms with E-state index in [9.17, 15) is 4.79 Å². The Bertz CT molecular complexity index is 459. The Hall–Kier alpha value is -1.13. The minimum atomic E-state index is -1.35. The summed E-state index contributed by atoms with van der Waals surface area (Å²) in [5, 5.41) is 1.35. The van der Waals surface area contributed by atoms with Crippen LogP contribution in [0.3, 0.4) is 0 Å². The van der Waals surface area contributed by atoms with E-state index in [1.165, 1.54) is 5.19 Å². The summed E-state index contributed by atoms with van der Waals surface area (Å²) in [4.78, 5) is 16.8. The fraction of sp³-hybridized carbons (Fsp3) is 0.533. The van der Waals surface area contributed by atoms with Crippen LogP contribution in [0.5, 0.6) is 0 Å². The molecule has 0 unspecified atom stereocenters. The average molecular weight is 276 g/mol. The van der Waals surface area contributed by atoms with Gasteiger partial charge < -0.3 is 9.80 Å². The molecule has 0 bridgehead atoms. The molecule has 1 heterocycles. The number of likely N-dealkylation sites (N-methyl/N-ethyl adjacent to an activating group) is 1. The maximum atomic E-state index is 12.5. The Morgan fingerprint density at radius 3 is 2.32 bits per heavy atom. The van der Waals surface area contributed by atoms with Gasteiger partial charge in [-0.25, -0.2) is 0 Å². The van der Waals surface area contributed by atoms with E-state index in [4.69, 9.17) is 0 Å². The second-order valence-electron chi connectivity index (χ2n) is 6.43. The Balaban J connectivity index is 2.15. The second-order valence-corrected chi connectivity index (χ2v) is 11.5. The van der Waals surface area contributed by atoms with Crippen LogP contribution in [-0.4, -0.2) is 57.0 Å². The lowest BCUT2D eigenvalue weighted by Gasteiger charge is -2.32. The van der Waals surface area contributed by atoms with Gasteiger partial charge >= 0.3 is 0 Å². The van der Waals surface area contributed by atoms with Crippen molar-refractivity contribution in [3.8, 4) is 0 Å². The fourth-order valence-corrected chi connectivity index (χ4v) is 3.50. The van der Waals surface area contributed by atoms with E-state index in [0.717, 1.165) is 31.7 Å². The molecular weight excluding hydrogens is 252 g/mol. The first-order chi connectivity index (χ1) is 8.88. The largest absolute Gasteiger partial charge is 0.336 e. The van der Waals surface area contributed by atoms with Gasteiger partial charge in [0.25, 0.3) is 5.91 Å². The molecule has 19 heavy (non-hydrogen) atoms. The Kier molecular flexibility index (Phi) is 4.11. The van der Waals surface area contributed by atoms with Crippen LogP contribution < -0.4 is 5.19 Å². The highest BCUT2D eigenvalue weighted by Crippen LogP contribution is 2.10. The van der Waals surface area contributed by atoms with Crippen LogP contribution in [0.4, 0.5) is 0 Å². The number of piperazine rings is 1. The van der Waals surface area contributed by atoms with Crippen molar-refractivity contribution in [3.63, 3.8) is 0 Å². The number of carbonyl (C=O) groups is 1. The summed E-state index contributed by atoms with van der Waals surface area (Å²) in [5.41, 5.74) is 0.851. The fourth-order valence-electron chi connectivity index (χ4n) is 2.31. The van der Waals surface area contributed by atoms with E-state index in [0.29, 0.717) is 0 Å². The summed E-state index contributed by atoms with van der Waals surface area (Å²) in [6.45, 7) is 10.6. The molecule has 0 spiro atoms. The number of hydrogen-bond acceptors (Lipinski definition) is 2. The Morgan fingerprint density at radius 1 is 1.11 bits per heavy atom. The average Bonchev–Trinajstić information content (AvgIpc) is 2.38. The van der Waals surface area contributed by atoms with Gasteiger partial charge in [0.2, 0.25) is 0 Å². The summed E-state index contributed by atoms with van der Waals surface area (Å²) in [6, 6.07) is 8.24. The molecule has 0 N–H and O–H groups in total. The van der Waals surface area contributed by atoms with Gasteiger partial charge in [0.05, 0.1) is 8.07 Å². The molecule has 1 aliphatic rings. The zero-order valence-corrected chi connectivity index (χ0v) is 13.4. The van der Waals surface area contributed by atoms with E-state index in [-0.39, 0.29) is 5.91 Å². The highest BCUT2D eigenvalue weighted by Gasteiger charge is 2.22. The predicted molar refractivity (Wildman–Crippen MR) is 82.8 cm³/mol. The van der Waals surface area contributed by atoms with Gasteiger partial charge in [-0.2, -0.15) is 0 Å². The van der Waals surface area contributed by atoms with E-state index in [2.05, 4.69) is 43.7 Å². The first kappa shape index (κ1) is 14.3. The highest BCUT2D eigenvalue weighted by molar-refractivity contribution is 6.88. The Labute approximate surface area is 117 Å². The summed E-state index contributed by atoms with van der Waals surface area (Å²) in [6.07, 6.45) is 0. The van der Waals surface area contributed by atoms with E-state index in [1.807, 2.05) is 17.0 Å². The van der Waals surface area contributed by atoms with Crippen LogP contribution in [0, 0.1) is 0 Å². The topological polar surface area (TPSA) is 23.6 Å². The molecule has 104 valence electrons. The molecule has 1 fully saturated rings. The molecule has 1 aromatic rings. The molecule has 0 aromatic heterocycles. The number of amides is 1. The van der Waals surface area contributed by atoms with Gasteiger partial charge in [0, 0.05) is 31.7 Å². The lowest BCUT2D eigenvalue weighted by Crippen LogP contribution is -2.47. The van der Waals surface area contributed by atoms with E-state index >= 15 is 0 Å². The summed E-state index contributed by atoms with van der Waals surface area (Å²) >= 11 is 0. The Morgan fingerprint density at radius 2 is 1.74 bits per heavy atom. The van der Waals surface area contributed by atoms with Crippen molar-refractivity contribution >= 4 is 19.2 Å². The molecule has 0 radical (unpaired) electrons. The number of rotatable bonds is 2. The van der Waals surface area contributed by atoms with Crippen LogP contribution in [0.25, 0.3) is 0 Å². The van der Waals surface area contributed by atoms with Crippen LogP contribution in [0.1, 0.15) is 10.4 Å². The summed E-state index contributed by atoms with van der Waals surface area (Å²) in [7, 11) is 0.755. The minimum Gasteiger partial charge on any atom is -0.336 e. The molecule has 2 rings (SSSR count). The van der Waals surface area contributed by atoms with Crippen molar-refractivity contribution in [2.45, 2.75) is 19.6 Å². The lowest BCUT2D eigenvalue weighted by atomic mass is 10.2. The van der Waals surface area contributed by atoms with Crippen LogP contribution >= 0.6 is 0 Å². The van der Waals surface area contributed by atoms with E-state index < -0.39 is 8.07 Å².